The average Bonchev–Trinajstić information content (AvgIpc) is 3.20. The standard InChI is InChI=1S/C21H19BrClN5O3/c1-11-17(20(24)29)18(28-21(27-11)25-10-26-28)13-7-15(22)19(16(8-13)30-2)31-9-12-3-5-14(23)6-4-12/h3-8,10,18H,9H2,1-2H3,(H2,24,29)(H,25,26,27). The van der Waals surface area contributed by atoms with E-state index in [1.807, 2.05) is 30.3 Å². The maximum Gasteiger partial charge on any atom is 0.248 e. The van der Waals surface area contributed by atoms with Gasteiger partial charge in [0, 0.05) is 10.7 Å². The Morgan fingerprint density at radius 2 is 2.06 bits per heavy atom. The number of nitrogens with zero attached hydrogens (tertiary/aromatic N) is 3. The number of anilines is 1. The van der Waals surface area contributed by atoms with Crippen molar-refractivity contribution in [3.8, 4) is 11.5 Å². The van der Waals surface area contributed by atoms with Crippen LogP contribution in [0.3, 0.4) is 0 Å². The normalized spacial score (nSPS) is 15.3. The van der Waals surface area contributed by atoms with Crippen LogP contribution < -0.4 is 20.5 Å². The highest BCUT2D eigenvalue weighted by molar-refractivity contribution is 9.10. The van der Waals surface area contributed by atoms with E-state index < -0.39 is 11.9 Å². The fourth-order valence-corrected chi connectivity index (χ4v) is 4.19. The Balaban J connectivity index is 1.72. The van der Waals surface area contributed by atoms with E-state index in [0.29, 0.717) is 44.8 Å². The lowest BCUT2D eigenvalue weighted by molar-refractivity contribution is -0.115. The Morgan fingerprint density at radius 1 is 1.32 bits per heavy atom. The first-order chi connectivity index (χ1) is 14.9. The molecule has 2 aromatic carbocycles. The summed E-state index contributed by atoms with van der Waals surface area (Å²) in [5.41, 5.74) is 8.41. The minimum Gasteiger partial charge on any atom is -0.493 e. The SMILES string of the molecule is COc1cc(C2C(C(N)=O)=C(C)Nc3ncnn32)cc(Br)c1OCc1ccc(Cl)cc1. The summed E-state index contributed by atoms with van der Waals surface area (Å²) in [6, 6.07) is 10.5. The maximum atomic E-state index is 12.3. The first-order valence-electron chi connectivity index (χ1n) is 9.30. The molecule has 1 aliphatic heterocycles. The number of primary amides is 1. The van der Waals surface area contributed by atoms with Gasteiger partial charge in [-0.25, -0.2) is 4.68 Å². The molecule has 31 heavy (non-hydrogen) atoms. The molecule has 1 atom stereocenters. The van der Waals surface area contributed by atoms with Crippen molar-refractivity contribution in [1.29, 1.82) is 0 Å². The van der Waals surface area contributed by atoms with Gasteiger partial charge in [-0.2, -0.15) is 10.1 Å². The molecule has 0 fully saturated rings. The second-order valence-corrected chi connectivity index (χ2v) is 8.20. The van der Waals surface area contributed by atoms with Crippen molar-refractivity contribution >= 4 is 39.4 Å². The molecule has 1 aliphatic rings. The Hall–Kier alpha value is -3.04. The van der Waals surface area contributed by atoms with Crippen LogP contribution in [-0.4, -0.2) is 27.8 Å². The van der Waals surface area contributed by atoms with E-state index in [9.17, 15) is 4.79 Å². The lowest BCUT2D eigenvalue weighted by Gasteiger charge is -2.28. The highest BCUT2D eigenvalue weighted by Gasteiger charge is 2.33. The largest absolute Gasteiger partial charge is 0.493 e. The number of aromatic nitrogens is 3. The number of amides is 1. The van der Waals surface area contributed by atoms with E-state index in [-0.39, 0.29) is 0 Å². The van der Waals surface area contributed by atoms with E-state index in [4.69, 9.17) is 26.8 Å². The van der Waals surface area contributed by atoms with Crippen LogP contribution in [0.1, 0.15) is 24.1 Å². The zero-order chi connectivity index (χ0) is 22.1. The number of carbonyl (C=O) groups is 1. The lowest BCUT2D eigenvalue weighted by Crippen LogP contribution is -2.31. The van der Waals surface area contributed by atoms with Crippen molar-refractivity contribution < 1.29 is 14.3 Å². The van der Waals surface area contributed by atoms with E-state index in [1.54, 1.807) is 24.8 Å². The Kier molecular flexibility index (Phi) is 5.88. The molecule has 0 saturated heterocycles. The minimum absolute atomic E-state index is 0.331. The predicted octanol–water partition coefficient (Wildman–Crippen LogP) is 4.06. The molecule has 3 aromatic rings. The van der Waals surface area contributed by atoms with Crippen molar-refractivity contribution in [1.82, 2.24) is 14.8 Å². The predicted molar refractivity (Wildman–Crippen MR) is 120 cm³/mol. The number of benzene rings is 2. The fraction of sp³-hybridized carbons (Fsp3) is 0.190. The number of carbonyl (C=O) groups excluding carboxylic acids is 1. The first kappa shape index (κ1) is 21.2. The molecule has 160 valence electrons. The summed E-state index contributed by atoms with van der Waals surface area (Å²) >= 11 is 9.52. The van der Waals surface area contributed by atoms with Gasteiger partial charge in [0.15, 0.2) is 11.5 Å². The van der Waals surface area contributed by atoms with Gasteiger partial charge >= 0.3 is 0 Å². The summed E-state index contributed by atoms with van der Waals surface area (Å²) in [6.45, 7) is 2.11. The zero-order valence-electron chi connectivity index (χ0n) is 16.7. The number of hydrogen-bond donors (Lipinski definition) is 2. The van der Waals surface area contributed by atoms with Crippen LogP contribution in [-0.2, 0) is 11.4 Å². The second-order valence-electron chi connectivity index (χ2n) is 6.91. The number of rotatable bonds is 6. The van der Waals surface area contributed by atoms with E-state index in [2.05, 4.69) is 31.3 Å². The Morgan fingerprint density at radius 3 is 2.74 bits per heavy atom. The van der Waals surface area contributed by atoms with Crippen LogP contribution in [0.4, 0.5) is 5.95 Å². The van der Waals surface area contributed by atoms with Crippen LogP contribution in [0.25, 0.3) is 0 Å². The number of nitrogens with two attached hydrogens (primary N) is 1. The monoisotopic (exact) mass is 503 g/mol. The number of hydrogen-bond acceptors (Lipinski definition) is 6. The molecule has 1 unspecified atom stereocenters. The molecule has 8 nitrogen and oxygen atoms in total. The molecule has 10 heteroatoms. The van der Waals surface area contributed by atoms with Gasteiger partial charge < -0.3 is 20.5 Å². The fourth-order valence-electron chi connectivity index (χ4n) is 3.49. The van der Waals surface area contributed by atoms with E-state index >= 15 is 0 Å². The summed E-state index contributed by atoms with van der Waals surface area (Å²) in [5, 5.41) is 8.00. The number of halogens is 2. The molecule has 4 rings (SSSR count). The van der Waals surface area contributed by atoms with Crippen molar-refractivity contribution in [3.63, 3.8) is 0 Å². The number of nitrogens with one attached hydrogen (secondary N) is 1. The summed E-state index contributed by atoms with van der Waals surface area (Å²) in [6.07, 6.45) is 1.42. The molecule has 2 heterocycles. The smallest absolute Gasteiger partial charge is 0.248 e. The van der Waals surface area contributed by atoms with E-state index in [1.165, 1.54) is 6.33 Å². The number of allylic oxidation sites excluding steroid dienone is 1. The molecule has 0 bridgehead atoms. The van der Waals surface area contributed by atoms with E-state index in [0.717, 1.165) is 11.1 Å². The topological polar surface area (TPSA) is 104 Å². The third-order valence-electron chi connectivity index (χ3n) is 4.92. The first-order valence-corrected chi connectivity index (χ1v) is 10.5. The minimum atomic E-state index is -0.563. The van der Waals surface area contributed by atoms with Gasteiger partial charge in [-0.3, -0.25) is 4.79 Å². The van der Waals surface area contributed by atoms with Crippen molar-refractivity contribution in [2.45, 2.75) is 19.6 Å². The maximum absolute atomic E-state index is 12.3. The summed E-state index contributed by atoms with van der Waals surface area (Å²) in [4.78, 5) is 16.5. The molecule has 0 radical (unpaired) electrons. The highest BCUT2D eigenvalue weighted by Crippen LogP contribution is 2.42. The second kappa shape index (κ2) is 8.60. The van der Waals surface area contributed by atoms with Crippen LogP contribution in [0, 0.1) is 0 Å². The van der Waals surface area contributed by atoms with Gasteiger partial charge in [0.05, 0.1) is 17.2 Å². The number of methoxy groups -OCH3 is 1. The van der Waals surface area contributed by atoms with Crippen LogP contribution in [0.15, 0.2) is 58.5 Å². The molecule has 1 amide bonds. The summed E-state index contributed by atoms with van der Waals surface area (Å²) in [5.74, 6) is 1.01. The van der Waals surface area contributed by atoms with Gasteiger partial charge in [0.1, 0.15) is 19.0 Å². The Labute approximate surface area is 192 Å². The van der Waals surface area contributed by atoms with Crippen LogP contribution >= 0.6 is 27.5 Å². The van der Waals surface area contributed by atoms with Gasteiger partial charge in [-0.1, -0.05) is 23.7 Å². The van der Waals surface area contributed by atoms with Crippen LogP contribution in [0.2, 0.25) is 5.02 Å². The molecular weight excluding hydrogens is 486 g/mol. The van der Waals surface area contributed by atoms with Gasteiger partial charge in [0.25, 0.3) is 0 Å². The molecule has 3 N–H and O–H groups in total. The number of ether oxygens (including phenoxy) is 2. The molecule has 0 aliphatic carbocycles. The van der Waals surface area contributed by atoms with Crippen molar-refractivity contribution in [3.05, 3.63) is 74.6 Å². The van der Waals surface area contributed by atoms with Crippen molar-refractivity contribution in [2.75, 3.05) is 12.4 Å². The Bertz CT molecular complexity index is 1180. The molecule has 0 saturated carbocycles. The summed E-state index contributed by atoms with van der Waals surface area (Å²) in [7, 11) is 1.56. The van der Waals surface area contributed by atoms with Crippen LogP contribution in [0.5, 0.6) is 11.5 Å². The summed E-state index contributed by atoms with van der Waals surface area (Å²) < 4.78 is 13.9. The molecular formula is C21H19BrClN5O3. The molecule has 1 aromatic heterocycles. The van der Waals surface area contributed by atoms with Gasteiger partial charge in [-0.15, -0.1) is 0 Å². The third kappa shape index (κ3) is 4.11. The van der Waals surface area contributed by atoms with Crippen molar-refractivity contribution in [2.24, 2.45) is 5.73 Å². The zero-order valence-corrected chi connectivity index (χ0v) is 19.1. The molecule has 0 spiro atoms. The number of fused-ring (bicyclic) bond motifs is 1. The highest BCUT2D eigenvalue weighted by atomic mass is 79.9. The van der Waals surface area contributed by atoms with Gasteiger partial charge in [-0.05, 0) is 58.2 Å². The average molecular weight is 505 g/mol. The third-order valence-corrected chi connectivity index (χ3v) is 5.76. The quantitative estimate of drug-likeness (QED) is 0.525. The lowest BCUT2D eigenvalue weighted by atomic mass is 9.95. The van der Waals surface area contributed by atoms with Gasteiger partial charge in [0.2, 0.25) is 11.9 Å².